The molecule has 2 unspecified atom stereocenters. The molecule has 2 saturated heterocycles. The van der Waals surface area contributed by atoms with Crippen molar-refractivity contribution < 1.29 is 14.3 Å². The summed E-state index contributed by atoms with van der Waals surface area (Å²) in [4.78, 5) is 16.9. The van der Waals surface area contributed by atoms with Crippen LogP contribution in [0, 0.1) is 0 Å². The van der Waals surface area contributed by atoms with Gasteiger partial charge < -0.3 is 14.4 Å². The molecule has 2 heterocycles. The molecule has 0 aliphatic carbocycles. The lowest BCUT2D eigenvalue weighted by Crippen LogP contribution is -2.57. The first-order valence-corrected chi connectivity index (χ1v) is 8.00. The standard InChI is InChI=1S/C17H24N2O3/c1-14-11-18(12-15-5-3-2-4-6-15)7-8-19(14)17(20)16-13-21-9-10-22-16/h2-6,14,16H,7-13H2,1H3. The molecule has 1 aromatic carbocycles. The highest BCUT2D eigenvalue weighted by atomic mass is 16.6. The van der Waals surface area contributed by atoms with E-state index in [4.69, 9.17) is 9.47 Å². The van der Waals surface area contributed by atoms with Crippen LogP contribution in [0.15, 0.2) is 30.3 Å². The number of hydrogen-bond acceptors (Lipinski definition) is 4. The smallest absolute Gasteiger partial charge is 0.254 e. The van der Waals surface area contributed by atoms with Gasteiger partial charge in [-0.15, -0.1) is 0 Å². The van der Waals surface area contributed by atoms with E-state index in [-0.39, 0.29) is 11.9 Å². The van der Waals surface area contributed by atoms with Gasteiger partial charge in [0.1, 0.15) is 0 Å². The Labute approximate surface area is 131 Å². The van der Waals surface area contributed by atoms with Crippen LogP contribution in [-0.4, -0.2) is 67.3 Å². The van der Waals surface area contributed by atoms with Gasteiger partial charge in [-0.05, 0) is 12.5 Å². The van der Waals surface area contributed by atoms with E-state index in [9.17, 15) is 4.79 Å². The highest BCUT2D eigenvalue weighted by Gasteiger charge is 2.33. The summed E-state index contributed by atoms with van der Waals surface area (Å²) in [6, 6.07) is 10.7. The van der Waals surface area contributed by atoms with E-state index in [0.29, 0.717) is 19.8 Å². The largest absolute Gasteiger partial charge is 0.376 e. The molecule has 0 aromatic heterocycles. The molecule has 0 N–H and O–H groups in total. The van der Waals surface area contributed by atoms with Crippen molar-refractivity contribution in [1.29, 1.82) is 0 Å². The van der Waals surface area contributed by atoms with Crippen LogP contribution in [0.25, 0.3) is 0 Å². The Morgan fingerprint density at radius 2 is 2.05 bits per heavy atom. The van der Waals surface area contributed by atoms with Crippen molar-refractivity contribution in [2.24, 2.45) is 0 Å². The zero-order valence-corrected chi connectivity index (χ0v) is 13.1. The number of amides is 1. The van der Waals surface area contributed by atoms with Crippen molar-refractivity contribution >= 4 is 5.91 Å². The number of rotatable bonds is 3. The second-order valence-corrected chi connectivity index (χ2v) is 6.04. The summed E-state index contributed by atoms with van der Waals surface area (Å²) in [5, 5.41) is 0. The molecule has 0 bridgehead atoms. The number of carbonyl (C=O) groups is 1. The summed E-state index contributed by atoms with van der Waals surface area (Å²) in [5.74, 6) is 0.0755. The fraction of sp³-hybridized carbons (Fsp3) is 0.588. The summed E-state index contributed by atoms with van der Waals surface area (Å²) < 4.78 is 10.9. The first kappa shape index (κ1) is 15.5. The van der Waals surface area contributed by atoms with Crippen LogP contribution in [0.1, 0.15) is 12.5 Å². The van der Waals surface area contributed by atoms with Crippen molar-refractivity contribution in [1.82, 2.24) is 9.80 Å². The van der Waals surface area contributed by atoms with Crippen molar-refractivity contribution in [3.63, 3.8) is 0 Å². The SMILES string of the molecule is CC1CN(Cc2ccccc2)CCN1C(=O)C1COCCO1. The third kappa shape index (κ3) is 3.66. The van der Waals surface area contributed by atoms with Crippen molar-refractivity contribution in [3.8, 4) is 0 Å². The predicted molar refractivity (Wildman–Crippen MR) is 83.5 cm³/mol. The molecule has 5 nitrogen and oxygen atoms in total. The van der Waals surface area contributed by atoms with Crippen LogP contribution in [-0.2, 0) is 20.8 Å². The van der Waals surface area contributed by atoms with Gasteiger partial charge in [0.2, 0.25) is 0 Å². The zero-order chi connectivity index (χ0) is 15.4. The Hall–Kier alpha value is -1.43. The van der Waals surface area contributed by atoms with Crippen LogP contribution in [0.4, 0.5) is 0 Å². The van der Waals surface area contributed by atoms with E-state index in [1.807, 2.05) is 11.0 Å². The molecule has 1 amide bonds. The molecular weight excluding hydrogens is 280 g/mol. The van der Waals surface area contributed by atoms with Gasteiger partial charge in [0.15, 0.2) is 6.10 Å². The number of piperazine rings is 1. The summed E-state index contributed by atoms with van der Waals surface area (Å²) >= 11 is 0. The van der Waals surface area contributed by atoms with E-state index in [1.54, 1.807) is 0 Å². The Morgan fingerprint density at radius 1 is 1.23 bits per heavy atom. The second-order valence-electron chi connectivity index (χ2n) is 6.04. The average molecular weight is 304 g/mol. The first-order chi connectivity index (χ1) is 10.7. The van der Waals surface area contributed by atoms with Gasteiger partial charge in [0.25, 0.3) is 5.91 Å². The van der Waals surface area contributed by atoms with E-state index in [0.717, 1.165) is 26.2 Å². The van der Waals surface area contributed by atoms with Gasteiger partial charge in [0, 0.05) is 32.2 Å². The molecule has 2 atom stereocenters. The van der Waals surface area contributed by atoms with Gasteiger partial charge in [-0.2, -0.15) is 0 Å². The predicted octanol–water partition coefficient (Wildman–Crippen LogP) is 1.13. The van der Waals surface area contributed by atoms with Gasteiger partial charge in [-0.1, -0.05) is 30.3 Å². The van der Waals surface area contributed by atoms with Crippen molar-refractivity contribution in [2.75, 3.05) is 39.5 Å². The molecule has 2 aliphatic rings. The van der Waals surface area contributed by atoms with Gasteiger partial charge >= 0.3 is 0 Å². The van der Waals surface area contributed by atoms with Crippen molar-refractivity contribution in [2.45, 2.75) is 25.6 Å². The van der Waals surface area contributed by atoms with Crippen molar-refractivity contribution in [3.05, 3.63) is 35.9 Å². The minimum Gasteiger partial charge on any atom is -0.376 e. The Bertz CT molecular complexity index is 488. The summed E-state index contributed by atoms with van der Waals surface area (Å²) in [5.41, 5.74) is 1.32. The molecule has 3 rings (SSSR count). The molecule has 2 fully saturated rings. The molecule has 120 valence electrons. The molecule has 0 saturated carbocycles. The third-order valence-electron chi connectivity index (χ3n) is 4.34. The summed E-state index contributed by atoms with van der Waals surface area (Å²) in [6.45, 7) is 7.09. The molecule has 2 aliphatic heterocycles. The maximum Gasteiger partial charge on any atom is 0.254 e. The Kier molecular flexibility index (Phi) is 5.08. The van der Waals surface area contributed by atoms with E-state index in [1.165, 1.54) is 5.56 Å². The maximum atomic E-state index is 12.5. The topological polar surface area (TPSA) is 42.0 Å². The lowest BCUT2D eigenvalue weighted by molar-refractivity contribution is -0.162. The third-order valence-corrected chi connectivity index (χ3v) is 4.34. The van der Waals surface area contributed by atoms with Gasteiger partial charge in [-0.3, -0.25) is 9.69 Å². The Morgan fingerprint density at radius 3 is 2.73 bits per heavy atom. The summed E-state index contributed by atoms with van der Waals surface area (Å²) in [7, 11) is 0. The number of benzene rings is 1. The van der Waals surface area contributed by atoms with Crippen LogP contribution in [0.3, 0.4) is 0 Å². The molecule has 0 radical (unpaired) electrons. The second kappa shape index (κ2) is 7.22. The molecule has 1 aromatic rings. The Balaban J connectivity index is 1.54. The van der Waals surface area contributed by atoms with Gasteiger partial charge in [-0.25, -0.2) is 0 Å². The van der Waals surface area contributed by atoms with Crippen LogP contribution in [0.5, 0.6) is 0 Å². The highest BCUT2D eigenvalue weighted by Crippen LogP contribution is 2.16. The number of carbonyl (C=O) groups excluding carboxylic acids is 1. The van der Waals surface area contributed by atoms with Crippen LogP contribution < -0.4 is 0 Å². The number of nitrogens with zero attached hydrogens (tertiary/aromatic N) is 2. The normalized spacial score (nSPS) is 26.9. The summed E-state index contributed by atoms with van der Waals surface area (Å²) in [6.07, 6.45) is -0.420. The van der Waals surface area contributed by atoms with E-state index < -0.39 is 6.10 Å². The maximum absolute atomic E-state index is 12.5. The number of ether oxygens (including phenoxy) is 2. The lowest BCUT2D eigenvalue weighted by Gasteiger charge is -2.41. The van der Waals surface area contributed by atoms with Crippen LogP contribution >= 0.6 is 0 Å². The van der Waals surface area contributed by atoms with Gasteiger partial charge in [0.05, 0.1) is 19.8 Å². The van der Waals surface area contributed by atoms with E-state index in [2.05, 4.69) is 36.1 Å². The minimum atomic E-state index is -0.420. The molecular formula is C17H24N2O3. The van der Waals surface area contributed by atoms with Crippen LogP contribution in [0.2, 0.25) is 0 Å². The quantitative estimate of drug-likeness (QED) is 0.840. The fourth-order valence-corrected chi connectivity index (χ4v) is 3.16. The van der Waals surface area contributed by atoms with E-state index >= 15 is 0 Å². The minimum absolute atomic E-state index is 0.0755. The lowest BCUT2D eigenvalue weighted by atomic mass is 10.1. The highest BCUT2D eigenvalue weighted by molar-refractivity contribution is 5.81. The number of hydrogen-bond donors (Lipinski definition) is 0. The monoisotopic (exact) mass is 304 g/mol. The fourth-order valence-electron chi connectivity index (χ4n) is 3.16. The first-order valence-electron chi connectivity index (χ1n) is 8.00. The molecule has 5 heteroatoms. The zero-order valence-electron chi connectivity index (χ0n) is 13.1. The average Bonchev–Trinajstić information content (AvgIpc) is 2.56. The molecule has 22 heavy (non-hydrogen) atoms. The molecule has 0 spiro atoms.